The fraction of sp³-hybridized carbons (Fsp3) is 0.333. The highest BCUT2D eigenvalue weighted by Crippen LogP contribution is 2.44. The Morgan fingerprint density at radius 1 is 1.08 bits per heavy atom. The fourth-order valence-corrected chi connectivity index (χ4v) is 3.67. The summed E-state index contributed by atoms with van der Waals surface area (Å²) < 4.78 is 5.44. The molecule has 1 aliphatic rings. The predicted molar refractivity (Wildman–Crippen MR) is 99.1 cm³/mol. The number of benzene rings is 2. The molecular formula is C21H23NO4. The van der Waals surface area contributed by atoms with Crippen LogP contribution in [0.5, 0.6) is 0 Å². The van der Waals surface area contributed by atoms with Gasteiger partial charge in [-0.25, -0.2) is 4.79 Å². The van der Waals surface area contributed by atoms with Gasteiger partial charge in [0.15, 0.2) is 0 Å². The van der Waals surface area contributed by atoms with Gasteiger partial charge in [-0.15, -0.1) is 0 Å². The summed E-state index contributed by atoms with van der Waals surface area (Å²) in [6.07, 6.45) is -0.140. The summed E-state index contributed by atoms with van der Waals surface area (Å²) in [7, 11) is 0. The molecule has 0 radical (unpaired) electrons. The Hall–Kier alpha value is -2.82. The quantitative estimate of drug-likeness (QED) is 0.822. The second-order valence-corrected chi connectivity index (χ2v) is 6.61. The van der Waals surface area contributed by atoms with E-state index in [0.29, 0.717) is 6.42 Å². The molecule has 2 atom stereocenters. The lowest BCUT2D eigenvalue weighted by Gasteiger charge is -2.21. The van der Waals surface area contributed by atoms with Crippen LogP contribution in [-0.4, -0.2) is 29.8 Å². The summed E-state index contributed by atoms with van der Waals surface area (Å²) in [6, 6.07) is 15.8. The lowest BCUT2D eigenvalue weighted by molar-refractivity contribution is -0.142. The number of rotatable bonds is 6. The van der Waals surface area contributed by atoms with Gasteiger partial charge in [-0.2, -0.15) is 0 Å². The second kappa shape index (κ2) is 7.60. The molecule has 136 valence electrons. The summed E-state index contributed by atoms with van der Waals surface area (Å²) in [6.45, 7) is 3.69. The highest BCUT2D eigenvalue weighted by atomic mass is 16.5. The number of fused-ring (bicyclic) bond motifs is 3. The number of hydrogen-bond acceptors (Lipinski definition) is 3. The minimum atomic E-state index is -0.918. The molecule has 0 aliphatic heterocycles. The molecule has 0 fully saturated rings. The Kier molecular flexibility index (Phi) is 5.26. The molecule has 26 heavy (non-hydrogen) atoms. The molecule has 5 heteroatoms. The highest BCUT2D eigenvalue weighted by Gasteiger charge is 2.30. The number of aliphatic carboxylic acids is 1. The molecule has 2 N–H and O–H groups in total. The maximum atomic E-state index is 12.2. The normalized spacial score (nSPS) is 14.8. The van der Waals surface area contributed by atoms with Crippen molar-refractivity contribution < 1.29 is 19.4 Å². The van der Waals surface area contributed by atoms with Crippen LogP contribution in [0.25, 0.3) is 11.1 Å². The number of carboxylic acid groups (broad SMARTS) is 1. The van der Waals surface area contributed by atoms with E-state index in [4.69, 9.17) is 4.74 Å². The molecule has 0 unspecified atom stereocenters. The Morgan fingerprint density at radius 2 is 1.62 bits per heavy atom. The molecule has 1 aliphatic carbocycles. The molecule has 5 nitrogen and oxygen atoms in total. The SMILES string of the molecule is CC[C@@H](C(=O)O)[C@@H](C)NC(=O)OCC1c2ccccc2-c2ccccc21. The standard InChI is InChI=1S/C21H23NO4/c1-3-14(20(23)24)13(2)22-21(25)26-12-19-17-10-6-4-8-15(17)16-9-5-7-11-18(16)19/h4-11,13-14,19H,3,12H2,1-2H3,(H,22,25)(H,23,24)/t13-,14-/m1/s1. The average molecular weight is 353 g/mol. The van der Waals surface area contributed by atoms with Crippen LogP contribution < -0.4 is 5.32 Å². The van der Waals surface area contributed by atoms with E-state index >= 15 is 0 Å². The maximum absolute atomic E-state index is 12.2. The van der Waals surface area contributed by atoms with E-state index in [1.54, 1.807) is 13.8 Å². The largest absolute Gasteiger partial charge is 0.481 e. The zero-order valence-electron chi connectivity index (χ0n) is 14.9. The minimum absolute atomic E-state index is 0.00935. The molecule has 2 aromatic rings. The summed E-state index contributed by atoms with van der Waals surface area (Å²) in [5.74, 6) is -1.56. The Morgan fingerprint density at radius 3 is 2.12 bits per heavy atom. The van der Waals surface area contributed by atoms with Crippen molar-refractivity contribution >= 4 is 12.1 Å². The third-order valence-electron chi connectivity index (χ3n) is 5.05. The topological polar surface area (TPSA) is 75.6 Å². The molecule has 3 rings (SSSR count). The van der Waals surface area contributed by atoms with Gasteiger partial charge in [0.2, 0.25) is 0 Å². The van der Waals surface area contributed by atoms with Crippen LogP contribution in [-0.2, 0) is 9.53 Å². The van der Waals surface area contributed by atoms with Crippen LogP contribution >= 0.6 is 0 Å². The van der Waals surface area contributed by atoms with Crippen molar-refractivity contribution in [2.24, 2.45) is 5.92 Å². The van der Waals surface area contributed by atoms with Gasteiger partial charge in [-0.05, 0) is 35.6 Å². The summed E-state index contributed by atoms with van der Waals surface area (Å²) in [4.78, 5) is 23.4. The van der Waals surface area contributed by atoms with E-state index in [0.717, 1.165) is 11.1 Å². The van der Waals surface area contributed by atoms with Crippen LogP contribution in [0.4, 0.5) is 4.79 Å². The van der Waals surface area contributed by atoms with Crippen LogP contribution in [0.15, 0.2) is 48.5 Å². The number of ether oxygens (including phenoxy) is 1. The van der Waals surface area contributed by atoms with Crippen molar-refractivity contribution in [2.45, 2.75) is 32.2 Å². The number of carboxylic acids is 1. The predicted octanol–water partition coefficient (Wildman–Crippen LogP) is 4.02. The van der Waals surface area contributed by atoms with Gasteiger partial charge in [-0.3, -0.25) is 4.79 Å². The molecule has 0 saturated carbocycles. The fourth-order valence-electron chi connectivity index (χ4n) is 3.67. The van der Waals surface area contributed by atoms with E-state index in [1.807, 2.05) is 24.3 Å². The van der Waals surface area contributed by atoms with Crippen LogP contribution in [0.3, 0.4) is 0 Å². The highest BCUT2D eigenvalue weighted by molar-refractivity contribution is 5.79. The third kappa shape index (κ3) is 3.43. The first-order valence-corrected chi connectivity index (χ1v) is 8.87. The monoisotopic (exact) mass is 353 g/mol. The summed E-state index contributed by atoms with van der Waals surface area (Å²) >= 11 is 0. The second-order valence-electron chi connectivity index (χ2n) is 6.61. The van der Waals surface area contributed by atoms with E-state index in [2.05, 4.69) is 29.6 Å². The lowest BCUT2D eigenvalue weighted by atomic mass is 9.98. The zero-order valence-corrected chi connectivity index (χ0v) is 14.9. The number of carbonyl (C=O) groups is 2. The van der Waals surface area contributed by atoms with E-state index < -0.39 is 24.0 Å². The van der Waals surface area contributed by atoms with Gasteiger partial charge >= 0.3 is 12.1 Å². The minimum Gasteiger partial charge on any atom is -0.481 e. The molecule has 0 spiro atoms. The maximum Gasteiger partial charge on any atom is 0.407 e. The van der Waals surface area contributed by atoms with Crippen molar-refractivity contribution in [3.05, 3.63) is 59.7 Å². The van der Waals surface area contributed by atoms with Crippen molar-refractivity contribution in [3.8, 4) is 11.1 Å². The molecule has 0 bridgehead atoms. The number of hydrogen-bond donors (Lipinski definition) is 2. The van der Waals surface area contributed by atoms with Gasteiger partial charge in [0.1, 0.15) is 6.61 Å². The molecule has 0 aromatic heterocycles. The van der Waals surface area contributed by atoms with Crippen LogP contribution in [0.1, 0.15) is 37.3 Å². The van der Waals surface area contributed by atoms with Gasteiger partial charge in [-0.1, -0.05) is 55.5 Å². The number of amides is 1. The lowest BCUT2D eigenvalue weighted by Crippen LogP contribution is -2.41. The van der Waals surface area contributed by atoms with E-state index in [-0.39, 0.29) is 12.5 Å². The van der Waals surface area contributed by atoms with E-state index in [9.17, 15) is 14.7 Å². The molecule has 0 saturated heterocycles. The number of alkyl carbamates (subject to hydrolysis) is 1. The average Bonchev–Trinajstić information content (AvgIpc) is 2.94. The van der Waals surface area contributed by atoms with Crippen molar-refractivity contribution in [3.63, 3.8) is 0 Å². The van der Waals surface area contributed by atoms with Gasteiger partial charge in [0.25, 0.3) is 0 Å². The van der Waals surface area contributed by atoms with Crippen molar-refractivity contribution in [1.29, 1.82) is 0 Å². The van der Waals surface area contributed by atoms with Gasteiger partial charge in [0, 0.05) is 12.0 Å². The number of carbonyl (C=O) groups excluding carboxylic acids is 1. The smallest absolute Gasteiger partial charge is 0.407 e. The van der Waals surface area contributed by atoms with Gasteiger partial charge < -0.3 is 15.2 Å². The Bertz CT molecular complexity index is 772. The Labute approximate surface area is 153 Å². The molecule has 0 heterocycles. The molecule has 1 amide bonds. The van der Waals surface area contributed by atoms with Crippen molar-refractivity contribution in [1.82, 2.24) is 5.32 Å². The van der Waals surface area contributed by atoms with E-state index in [1.165, 1.54) is 11.1 Å². The first-order valence-electron chi connectivity index (χ1n) is 8.87. The summed E-state index contributed by atoms with van der Waals surface area (Å²) in [5.41, 5.74) is 4.63. The Balaban J connectivity index is 1.68. The molecular weight excluding hydrogens is 330 g/mol. The zero-order chi connectivity index (χ0) is 18.7. The first-order chi connectivity index (χ1) is 12.5. The van der Waals surface area contributed by atoms with Gasteiger partial charge in [0.05, 0.1) is 5.92 Å². The first kappa shape index (κ1) is 18.0. The number of nitrogens with one attached hydrogen (secondary N) is 1. The summed E-state index contributed by atoms with van der Waals surface area (Å²) in [5, 5.41) is 11.8. The van der Waals surface area contributed by atoms with Crippen LogP contribution in [0.2, 0.25) is 0 Å². The van der Waals surface area contributed by atoms with Crippen LogP contribution in [0, 0.1) is 5.92 Å². The molecule has 2 aromatic carbocycles. The van der Waals surface area contributed by atoms with Crippen molar-refractivity contribution in [2.75, 3.05) is 6.61 Å². The third-order valence-corrected chi connectivity index (χ3v) is 5.05.